The van der Waals surface area contributed by atoms with Gasteiger partial charge in [0.05, 0.1) is 17.4 Å². The normalized spacial score (nSPS) is 12.1. The van der Waals surface area contributed by atoms with Crippen molar-refractivity contribution in [1.82, 2.24) is 14.5 Å². The van der Waals surface area contributed by atoms with E-state index in [1.54, 1.807) is 20.2 Å². The Kier molecular flexibility index (Phi) is 7.90. The van der Waals surface area contributed by atoms with Gasteiger partial charge in [-0.3, -0.25) is 18.7 Å². The Balaban J connectivity index is 1.84. The maximum atomic E-state index is 13.1. The Bertz CT molecular complexity index is 1190. The lowest BCUT2D eigenvalue weighted by Gasteiger charge is -2.16. The maximum Gasteiger partial charge on any atom is 0.331 e. The first-order valence-corrected chi connectivity index (χ1v) is 11.9. The highest BCUT2D eigenvalue weighted by Gasteiger charge is 2.19. The highest BCUT2D eigenvalue weighted by atomic mass is 32.1. The van der Waals surface area contributed by atoms with E-state index in [4.69, 9.17) is 4.74 Å². The number of amides is 1. The molecule has 0 radical (unpaired) electrons. The molecule has 1 atom stereocenters. The Hall–Kier alpha value is -2.87. The van der Waals surface area contributed by atoms with Gasteiger partial charge in [-0.15, -0.1) is 11.3 Å². The van der Waals surface area contributed by atoms with E-state index in [-0.39, 0.29) is 23.1 Å². The average molecular weight is 458 g/mol. The molecule has 0 aliphatic heterocycles. The number of aryl methyl sites for hydroxylation is 1. The highest BCUT2D eigenvalue weighted by molar-refractivity contribution is 7.20. The van der Waals surface area contributed by atoms with E-state index in [1.807, 2.05) is 24.3 Å². The first-order chi connectivity index (χ1) is 15.4. The molecule has 0 saturated heterocycles. The Morgan fingerprint density at radius 3 is 2.53 bits per heavy atom. The predicted octanol–water partition coefficient (Wildman–Crippen LogP) is 3.92. The van der Waals surface area contributed by atoms with Crippen molar-refractivity contribution in [2.75, 3.05) is 7.11 Å². The van der Waals surface area contributed by atoms with Crippen LogP contribution in [-0.4, -0.2) is 22.2 Å². The number of aromatic nitrogens is 2. The Morgan fingerprint density at radius 2 is 1.91 bits per heavy atom. The van der Waals surface area contributed by atoms with E-state index < -0.39 is 0 Å². The van der Waals surface area contributed by atoms with Crippen LogP contribution in [0.1, 0.15) is 54.8 Å². The van der Waals surface area contributed by atoms with E-state index >= 15 is 0 Å². The maximum absolute atomic E-state index is 13.1. The summed E-state index contributed by atoms with van der Waals surface area (Å²) in [6, 6.07) is 9.05. The van der Waals surface area contributed by atoms with Gasteiger partial charge in [0.1, 0.15) is 10.6 Å². The zero-order valence-corrected chi connectivity index (χ0v) is 20.0. The summed E-state index contributed by atoms with van der Waals surface area (Å²) in [4.78, 5) is 39.7. The molecule has 1 N–H and O–H groups in total. The highest BCUT2D eigenvalue weighted by Crippen LogP contribution is 2.22. The number of benzene rings is 1. The second-order valence-corrected chi connectivity index (χ2v) is 9.06. The second kappa shape index (κ2) is 10.6. The van der Waals surface area contributed by atoms with Gasteiger partial charge < -0.3 is 10.1 Å². The molecule has 0 bridgehead atoms. The molecule has 0 spiro atoms. The van der Waals surface area contributed by atoms with E-state index in [9.17, 15) is 14.4 Å². The molecular formula is C24H31N3O4S. The summed E-state index contributed by atoms with van der Waals surface area (Å²) in [7, 11) is 3.26. The third-order valence-corrected chi connectivity index (χ3v) is 7.04. The molecule has 172 valence electrons. The quantitative estimate of drug-likeness (QED) is 0.500. The Labute approximate surface area is 191 Å². The predicted molar refractivity (Wildman–Crippen MR) is 129 cm³/mol. The SMILES string of the molecule is CCCCC(CC)Cn1c(=O)c2cc(C(=O)NCc3ccc(OC)cc3)sc2n(C)c1=O. The van der Waals surface area contributed by atoms with Crippen molar-refractivity contribution < 1.29 is 9.53 Å². The van der Waals surface area contributed by atoms with Crippen LogP contribution in [-0.2, 0) is 20.1 Å². The van der Waals surface area contributed by atoms with Gasteiger partial charge in [-0.25, -0.2) is 4.79 Å². The average Bonchev–Trinajstić information content (AvgIpc) is 3.27. The summed E-state index contributed by atoms with van der Waals surface area (Å²) in [5, 5.41) is 3.29. The summed E-state index contributed by atoms with van der Waals surface area (Å²) in [6.07, 6.45) is 4.06. The monoisotopic (exact) mass is 457 g/mol. The molecule has 3 rings (SSSR count). The van der Waals surface area contributed by atoms with Gasteiger partial charge in [-0.1, -0.05) is 45.2 Å². The molecule has 1 unspecified atom stereocenters. The number of thiophene rings is 1. The van der Waals surface area contributed by atoms with Gasteiger partial charge in [0.15, 0.2) is 0 Å². The molecule has 2 aromatic heterocycles. The molecule has 0 aliphatic rings. The van der Waals surface area contributed by atoms with Crippen LogP contribution in [0.25, 0.3) is 10.2 Å². The molecule has 0 saturated carbocycles. The number of nitrogens with one attached hydrogen (secondary N) is 1. The number of fused-ring (bicyclic) bond motifs is 1. The van der Waals surface area contributed by atoms with Crippen molar-refractivity contribution in [2.45, 2.75) is 52.6 Å². The summed E-state index contributed by atoms with van der Waals surface area (Å²) in [6.45, 7) is 4.99. The third kappa shape index (κ3) is 5.12. The van der Waals surface area contributed by atoms with Crippen LogP contribution in [0, 0.1) is 5.92 Å². The van der Waals surface area contributed by atoms with Crippen LogP contribution in [0.4, 0.5) is 0 Å². The molecule has 0 aliphatic carbocycles. The number of unbranched alkanes of at least 4 members (excludes halogenated alkanes) is 1. The van der Waals surface area contributed by atoms with Gasteiger partial charge in [0.25, 0.3) is 11.5 Å². The van der Waals surface area contributed by atoms with E-state index in [0.717, 1.165) is 37.0 Å². The molecule has 1 aromatic carbocycles. The number of hydrogen-bond donors (Lipinski definition) is 1. The molecule has 1 amide bonds. The molecule has 2 heterocycles. The van der Waals surface area contributed by atoms with Crippen molar-refractivity contribution >= 4 is 27.5 Å². The first kappa shape index (κ1) is 23.8. The smallest absolute Gasteiger partial charge is 0.331 e. The van der Waals surface area contributed by atoms with Gasteiger partial charge >= 0.3 is 5.69 Å². The standard InChI is InChI=1S/C24H31N3O4S/c1-5-7-8-16(6-2)15-27-22(29)19-13-20(32-23(19)26(3)24(27)30)21(28)25-14-17-9-11-18(31-4)12-10-17/h9-13,16H,5-8,14-15H2,1-4H3,(H,25,28). The van der Waals surface area contributed by atoms with Crippen molar-refractivity contribution in [1.29, 1.82) is 0 Å². The number of carbonyl (C=O) groups is 1. The number of nitrogens with zero attached hydrogens (tertiary/aromatic N) is 2. The molecule has 3 aromatic rings. The summed E-state index contributed by atoms with van der Waals surface area (Å²) in [5.41, 5.74) is 0.292. The van der Waals surface area contributed by atoms with Crippen molar-refractivity contribution in [3.05, 3.63) is 61.6 Å². The minimum Gasteiger partial charge on any atom is -0.497 e. The molecule has 8 heteroatoms. The van der Waals surface area contributed by atoms with Crippen molar-refractivity contribution in [2.24, 2.45) is 13.0 Å². The minimum atomic E-state index is -0.329. The number of carbonyl (C=O) groups excluding carboxylic acids is 1. The van der Waals surface area contributed by atoms with E-state index in [0.29, 0.717) is 28.2 Å². The lowest BCUT2D eigenvalue weighted by Crippen LogP contribution is -2.40. The zero-order valence-electron chi connectivity index (χ0n) is 19.1. The van der Waals surface area contributed by atoms with Crippen LogP contribution in [0.15, 0.2) is 39.9 Å². The van der Waals surface area contributed by atoms with Gasteiger partial charge in [-0.2, -0.15) is 0 Å². The van der Waals surface area contributed by atoms with E-state index in [1.165, 1.54) is 20.5 Å². The largest absolute Gasteiger partial charge is 0.497 e. The topological polar surface area (TPSA) is 82.3 Å². The van der Waals surface area contributed by atoms with E-state index in [2.05, 4.69) is 19.2 Å². The fourth-order valence-electron chi connectivity index (χ4n) is 3.75. The van der Waals surface area contributed by atoms with Gasteiger partial charge in [0, 0.05) is 20.1 Å². The third-order valence-electron chi connectivity index (χ3n) is 5.83. The summed E-state index contributed by atoms with van der Waals surface area (Å²) >= 11 is 1.17. The second-order valence-electron chi connectivity index (χ2n) is 8.03. The van der Waals surface area contributed by atoms with Crippen LogP contribution in [0.5, 0.6) is 5.75 Å². The number of rotatable bonds is 10. The lowest BCUT2D eigenvalue weighted by atomic mass is 9.99. The molecule has 32 heavy (non-hydrogen) atoms. The Morgan fingerprint density at radius 1 is 1.19 bits per heavy atom. The first-order valence-electron chi connectivity index (χ1n) is 11.0. The fraction of sp³-hybridized carbons (Fsp3) is 0.458. The minimum absolute atomic E-state index is 0.269. The number of methoxy groups -OCH3 is 1. The van der Waals surface area contributed by atoms with Crippen LogP contribution in [0.2, 0.25) is 0 Å². The fourth-order valence-corrected chi connectivity index (χ4v) is 4.77. The van der Waals surface area contributed by atoms with Gasteiger partial charge in [0.2, 0.25) is 0 Å². The molecule has 0 fully saturated rings. The molecule has 7 nitrogen and oxygen atoms in total. The summed E-state index contributed by atoms with van der Waals surface area (Å²) in [5.74, 6) is 0.764. The zero-order chi connectivity index (χ0) is 23.3. The number of hydrogen-bond acceptors (Lipinski definition) is 5. The van der Waals surface area contributed by atoms with Gasteiger partial charge in [-0.05, 0) is 36.1 Å². The molecular weight excluding hydrogens is 426 g/mol. The van der Waals surface area contributed by atoms with Crippen LogP contribution >= 0.6 is 11.3 Å². The van der Waals surface area contributed by atoms with Crippen LogP contribution in [0.3, 0.4) is 0 Å². The van der Waals surface area contributed by atoms with Crippen molar-refractivity contribution in [3.63, 3.8) is 0 Å². The van der Waals surface area contributed by atoms with Crippen molar-refractivity contribution in [3.8, 4) is 5.75 Å². The van der Waals surface area contributed by atoms with Crippen LogP contribution < -0.4 is 21.3 Å². The number of ether oxygens (including phenoxy) is 1. The summed E-state index contributed by atoms with van der Waals surface area (Å²) < 4.78 is 7.96. The lowest BCUT2D eigenvalue weighted by molar-refractivity contribution is 0.0955.